The van der Waals surface area contributed by atoms with Crippen molar-refractivity contribution in [2.75, 3.05) is 5.32 Å². The summed E-state index contributed by atoms with van der Waals surface area (Å²) in [6.45, 7) is 4.10. The van der Waals surface area contributed by atoms with E-state index in [4.69, 9.17) is 0 Å². The molecule has 1 aromatic carbocycles. The van der Waals surface area contributed by atoms with Gasteiger partial charge in [-0.2, -0.15) is 29.8 Å². The average molecular weight is 402 g/mol. The molecule has 0 aliphatic heterocycles. The number of imidazole rings is 1. The summed E-state index contributed by atoms with van der Waals surface area (Å²) in [7, 11) is 0. The molecular formula is C20H17N4Y-. The molecular weight excluding hydrogens is 385 g/mol. The van der Waals surface area contributed by atoms with Crippen LogP contribution in [-0.4, -0.2) is 14.4 Å². The number of aromatic nitrogens is 3. The molecule has 4 rings (SSSR count). The summed E-state index contributed by atoms with van der Waals surface area (Å²) < 4.78 is 2.03. The van der Waals surface area contributed by atoms with Crippen LogP contribution in [-0.2, 0) is 32.7 Å². The molecule has 0 aliphatic rings. The van der Waals surface area contributed by atoms with Crippen molar-refractivity contribution in [3.63, 3.8) is 0 Å². The molecule has 0 amide bonds. The van der Waals surface area contributed by atoms with Crippen LogP contribution in [0.25, 0.3) is 16.8 Å². The van der Waals surface area contributed by atoms with Crippen molar-refractivity contribution in [3.05, 3.63) is 78.4 Å². The van der Waals surface area contributed by atoms with Gasteiger partial charge in [0.05, 0.1) is 5.69 Å². The fourth-order valence-electron chi connectivity index (χ4n) is 2.78. The van der Waals surface area contributed by atoms with Gasteiger partial charge in [-0.15, -0.1) is 5.56 Å². The van der Waals surface area contributed by atoms with Crippen molar-refractivity contribution in [2.24, 2.45) is 0 Å². The quantitative estimate of drug-likeness (QED) is 0.511. The van der Waals surface area contributed by atoms with Crippen LogP contribution in [0.4, 0.5) is 11.5 Å². The molecule has 0 saturated heterocycles. The van der Waals surface area contributed by atoms with Gasteiger partial charge in [0.25, 0.3) is 0 Å². The Hall–Kier alpha value is -2.04. The van der Waals surface area contributed by atoms with Crippen LogP contribution in [0, 0.1) is 19.9 Å². The summed E-state index contributed by atoms with van der Waals surface area (Å²) in [5.74, 6) is 0.805. The molecule has 5 heteroatoms. The molecule has 0 unspecified atom stereocenters. The smallest absolute Gasteiger partial charge is 0.160 e. The first kappa shape index (κ1) is 17.8. The topological polar surface area (TPSA) is 42.2 Å². The van der Waals surface area contributed by atoms with Gasteiger partial charge in [0.2, 0.25) is 0 Å². The monoisotopic (exact) mass is 402 g/mol. The largest absolute Gasteiger partial charge is 0.337 e. The van der Waals surface area contributed by atoms with Gasteiger partial charge >= 0.3 is 0 Å². The van der Waals surface area contributed by atoms with Crippen molar-refractivity contribution in [1.82, 2.24) is 14.4 Å². The third-order valence-electron chi connectivity index (χ3n) is 4.04. The first-order chi connectivity index (χ1) is 11.7. The second-order valence-corrected chi connectivity index (χ2v) is 5.86. The molecule has 4 nitrogen and oxygen atoms in total. The Labute approximate surface area is 172 Å². The fraction of sp³-hybridized carbons (Fsp3) is 0.100. The predicted octanol–water partition coefficient (Wildman–Crippen LogP) is 4.55. The van der Waals surface area contributed by atoms with Gasteiger partial charge in [-0.3, -0.25) is 0 Å². The predicted molar refractivity (Wildman–Crippen MR) is 96.5 cm³/mol. The first-order valence-electron chi connectivity index (χ1n) is 7.85. The van der Waals surface area contributed by atoms with Gasteiger partial charge in [-0.1, -0.05) is 18.6 Å². The summed E-state index contributed by atoms with van der Waals surface area (Å²) in [6, 6.07) is 15.4. The minimum absolute atomic E-state index is 0. The molecule has 3 aromatic heterocycles. The molecule has 121 valence electrons. The molecule has 0 atom stereocenters. The van der Waals surface area contributed by atoms with Gasteiger partial charge in [-0.05, 0) is 24.6 Å². The van der Waals surface area contributed by atoms with E-state index in [2.05, 4.69) is 46.6 Å². The Kier molecular flexibility index (Phi) is 5.31. The van der Waals surface area contributed by atoms with E-state index in [0.717, 1.165) is 39.4 Å². The van der Waals surface area contributed by atoms with Crippen molar-refractivity contribution < 1.29 is 32.7 Å². The molecule has 25 heavy (non-hydrogen) atoms. The minimum atomic E-state index is 0. The Morgan fingerprint density at radius 2 is 2.00 bits per heavy atom. The molecule has 0 bridgehead atoms. The molecule has 0 fully saturated rings. The molecule has 0 saturated carbocycles. The summed E-state index contributed by atoms with van der Waals surface area (Å²) >= 11 is 0. The number of hydrogen-bond acceptors (Lipinski definition) is 3. The van der Waals surface area contributed by atoms with Crippen molar-refractivity contribution in [2.45, 2.75) is 13.8 Å². The number of anilines is 2. The van der Waals surface area contributed by atoms with Crippen LogP contribution < -0.4 is 5.32 Å². The van der Waals surface area contributed by atoms with Gasteiger partial charge < -0.3 is 9.72 Å². The third-order valence-corrected chi connectivity index (χ3v) is 4.04. The minimum Gasteiger partial charge on any atom is -0.337 e. The van der Waals surface area contributed by atoms with Gasteiger partial charge in [0, 0.05) is 57.5 Å². The van der Waals surface area contributed by atoms with Crippen LogP contribution in [0.1, 0.15) is 11.1 Å². The zero-order valence-corrected chi connectivity index (χ0v) is 17.0. The van der Waals surface area contributed by atoms with Gasteiger partial charge in [0.1, 0.15) is 5.82 Å². The number of nitrogens with zero attached hydrogens (tertiary/aromatic N) is 3. The molecule has 4 aromatic rings. The maximum Gasteiger partial charge on any atom is 0.160 e. The summed E-state index contributed by atoms with van der Waals surface area (Å²) in [6.07, 6.45) is 7.70. The van der Waals surface area contributed by atoms with Crippen LogP contribution in [0.5, 0.6) is 0 Å². The van der Waals surface area contributed by atoms with E-state index in [9.17, 15) is 0 Å². The van der Waals surface area contributed by atoms with Crippen LogP contribution >= 0.6 is 0 Å². The Balaban J connectivity index is 0.00000182. The number of hydrogen-bond donors (Lipinski definition) is 1. The summed E-state index contributed by atoms with van der Waals surface area (Å²) in [5, 5.41) is 3.39. The third kappa shape index (κ3) is 3.65. The van der Waals surface area contributed by atoms with E-state index >= 15 is 0 Å². The van der Waals surface area contributed by atoms with E-state index in [0.29, 0.717) is 0 Å². The SMILES string of the molecule is Cc1ccc(Nc2cc(-c3ccc[c-]c3C)cn3ccnc23)nc1.[Y]. The number of fused-ring (bicyclic) bond motifs is 1. The van der Waals surface area contributed by atoms with Crippen molar-refractivity contribution in [1.29, 1.82) is 0 Å². The second kappa shape index (κ2) is 7.46. The standard InChI is InChI=1S/C20H17N4.Y/c1-14-7-8-19(22-12-14)23-18-11-16(13-24-10-9-21-20(18)24)17-6-4-3-5-15(17)2;/h3-4,6-13H,1-2H3,(H,22,23);/q-1;. The average Bonchev–Trinajstić information content (AvgIpc) is 3.06. The Morgan fingerprint density at radius 3 is 2.76 bits per heavy atom. The summed E-state index contributed by atoms with van der Waals surface area (Å²) in [5.41, 5.74) is 6.33. The molecule has 3 heterocycles. The Bertz CT molecular complexity index is 1010. The van der Waals surface area contributed by atoms with Gasteiger partial charge in [0.15, 0.2) is 5.65 Å². The number of rotatable bonds is 3. The number of pyridine rings is 2. The van der Waals surface area contributed by atoms with E-state index in [-0.39, 0.29) is 32.7 Å². The number of benzene rings is 1. The van der Waals surface area contributed by atoms with E-state index in [1.807, 2.05) is 48.0 Å². The van der Waals surface area contributed by atoms with Gasteiger partial charge in [-0.25, -0.2) is 9.97 Å². The molecule has 1 N–H and O–H groups in total. The van der Waals surface area contributed by atoms with E-state index in [1.165, 1.54) is 0 Å². The van der Waals surface area contributed by atoms with E-state index < -0.39 is 0 Å². The maximum atomic E-state index is 4.45. The Morgan fingerprint density at radius 1 is 1.12 bits per heavy atom. The molecule has 0 aliphatic carbocycles. The number of nitrogens with one attached hydrogen (secondary N) is 1. The second-order valence-electron chi connectivity index (χ2n) is 5.86. The van der Waals surface area contributed by atoms with Crippen LogP contribution in [0.3, 0.4) is 0 Å². The zero-order chi connectivity index (χ0) is 16.5. The van der Waals surface area contributed by atoms with Crippen molar-refractivity contribution in [3.8, 4) is 11.1 Å². The van der Waals surface area contributed by atoms with Crippen molar-refractivity contribution >= 4 is 17.2 Å². The summed E-state index contributed by atoms with van der Waals surface area (Å²) in [4.78, 5) is 8.88. The normalized spacial score (nSPS) is 10.5. The maximum absolute atomic E-state index is 4.45. The number of aryl methyl sites for hydroxylation is 2. The fourth-order valence-corrected chi connectivity index (χ4v) is 2.78. The molecule has 1 radical (unpaired) electrons. The molecule has 0 spiro atoms. The van der Waals surface area contributed by atoms with E-state index in [1.54, 1.807) is 6.20 Å². The zero-order valence-electron chi connectivity index (χ0n) is 14.2. The first-order valence-corrected chi connectivity index (χ1v) is 7.85. The van der Waals surface area contributed by atoms with Crippen LogP contribution in [0.2, 0.25) is 0 Å². The van der Waals surface area contributed by atoms with Crippen LogP contribution in [0.15, 0.2) is 61.2 Å².